The minimum absolute atomic E-state index is 0.153. The molecule has 22 heavy (non-hydrogen) atoms. The van der Waals surface area contributed by atoms with Gasteiger partial charge in [-0.3, -0.25) is 4.79 Å². The van der Waals surface area contributed by atoms with Crippen molar-refractivity contribution in [2.24, 2.45) is 0 Å². The van der Waals surface area contributed by atoms with Gasteiger partial charge in [0.15, 0.2) is 0 Å². The van der Waals surface area contributed by atoms with Crippen molar-refractivity contribution < 1.29 is 4.79 Å². The highest BCUT2D eigenvalue weighted by atomic mass is 16.1. The first-order chi connectivity index (χ1) is 10.7. The predicted molar refractivity (Wildman–Crippen MR) is 85.9 cm³/mol. The Kier molecular flexibility index (Phi) is 4.32. The topological polar surface area (TPSA) is 66.9 Å². The van der Waals surface area contributed by atoms with Gasteiger partial charge in [-0.1, -0.05) is 30.3 Å². The second-order valence-corrected chi connectivity index (χ2v) is 5.60. The molecule has 114 valence electrons. The number of carbonyl (C=O) groups excluding carboxylic acids is 1. The molecule has 0 aliphatic heterocycles. The number of benzene rings is 1. The molecule has 1 amide bonds. The molecule has 0 spiro atoms. The number of rotatable bonds is 6. The van der Waals surface area contributed by atoms with Crippen molar-refractivity contribution in [3.63, 3.8) is 0 Å². The molecule has 2 N–H and O–H groups in total. The van der Waals surface area contributed by atoms with Crippen LogP contribution in [0.4, 0.5) is 5.82 Å². The molecule has 0 unspecified atom stereocenters. The molecular formula is C17H20N4O. The van der Waals surface area contributed by atoms with E-state index >= 15 is 0 Å². The van der Waals surface area contributed by atoms with Crippen molar-refractivity contribution in [2.75, 3.05) is 11.9 Å². The fourth-order valence-corrected chi connectivity index (χ4v) is 2.25. The van der Waals surface area contributed by atoms with Crippen LogP contribution < -0.4 is 10.6 Å². The highest BCUT2D eigenvalue weighted by Crippen LogP contribution is 2.23. The molecular weight excluding hydrogens is 276 g/mol. The summed E-state index contributed by atoms with van der Waals surface area (Å²) in [7, 11) is 0. The average molecular weight is 296 g/mol. The van der Waals surface area contributed by atoms with Crippen molar-refractivity contribution in [1.29, 1.82) is 0 Å². The minimum atomic E-state index is -0.153. The summed E-state index contributed by atoms with van der Waals surface area (Å²) in [4.78, 5) is 20.8. The van der Waals surface area contributed by atoms with E-state index < -0.39 is 0 Å². The molecule has 3 rings (SSSR count). The smallest absolute Gasteiger partial charge is 0.270 e. The summed E-state index contributed by atoms with van der Waals surface area (Å²) in [6, 6.07) is 12.3. The number of hydrogen-bond donors (Lipinski definition) is 2. The molecule has 1 aliphatic carbocycles. The van der Waals surface area contributed by atoms with Crippen LogP contribution in [0.3, 0.4) is 0 Å². The Hall–Kier alpha value is -2.43. The van der Waals surface area contributed by atoms with Crippen LogP contribution in [-0.4, -0.2) is 28.5 Å². The first kappa shape index (κ1) is 14.5. The fourth-order valence-electron chi connectivity index (χ4n) is 2.25. The van der Waals surface area contributed by atoms with Crippen LogP contribution in [0.1, 0.15) is 34.7 Å². The molecule has 1 fully saturated rings. The molecule has 1 aliphatic rings. The number of aryl methyl sites for hydroxylation is 1. The third-order valence-electron chi connectivity index (χ3n) is 3.54. The molecule has 1 aromatic heterocycles. The van der Waals surface area contributed by atoms with Gasteiger partial charge >= 0.3 is 0 Å². The van der Waals surface area contributed by atoms with Crippen LogP contribution in [0.2, 0.25) is 0 Å². The lowest BCUT2D eigenvalue weighted by molar-refractivity contribution is 0.0949. The van der Waals surface area contributed by atoms with E-state index in [-0.39, 0.29) is 5.91 Å². The number of aromatic nitrogens is 2. The zero-order valence-corrected chi connectivity index (χ0v) is 12.7. The van der Waals surface area contributed by atoms with Crippen LogP contribution in [0.15, 0.2) is 36.4 Å². The van der Waals surface area contributed by atoms with Crippen LogP contribution in [0.5, 0.6) is 0 Å². The maximum absolute atomic E-state index is 12.2. The molecule has 1 heterocycles. The predicted octanol–water partition coefficient (Wildman–Crippen LogP) is 2.33. The molecule has 0 atom stereocenters. The summed E-state index contributed by atoms with van der Waals surface area (Å²) < 4.78 is 0. The normalized spacial score (nSPS) is 13.7. The summed E-state index contributed by atoms with van der Waals surface area (Å²) in [5.41, 5.74) is 1.63. The number of amides is 1. The lowest BCUT2D eigenvalue weighted by Gasteiger charge is -2.08. The standard InChI is InChI=1S/C17H20N4O/c1-12-19-15(11-16(20-12)21-14-7-8-14)17(22)18-10-9-13-5-3-2-4-6-13/h2-6,11,14H,7-10H2,1H3,(H,18,22)(H,19,20,21). The SMILES string of the molecule is Cc1nc(NC2CC2)cc(C(=O)NCCc2ccccc2)n1. The van der Waals surface area contributed by atoms with Crippen molar-refractivity contribution in [2.45, 2.75) is 32.2 Å². The van der Waals surface area contributed by atoms with E-state index in [0.29, 0.717) is 24.1 Å². The van der Waals surface area contributed by atoms with E-state index in [1.165, 1.54) is 18.4 Å². The molecule has 5 nitrogen and oxygen atoms in total. The van der Waals surface area contributed by atoms with Crippen molar-refractivity contribution in [1.82, 2.24) is 15.3 Å². The second kappa shape index (κ2) is 6.56. The number of anilines is 1. The Bertz CT molecular complexity index is 653. The zero-order chi connectivity index (χ0) is 15.4. The van der Waals surface area contributed by atoms with Gasteiger partial charge < -0.3 is 10.6 Å². The third-order valence-corrected chi connectivity index (χ3v) is 3.54. The minimum Gasteiger partial charge on any atom is -0.367 e. The van der Waals surface area contributed by atoms with Gasteiger partial charge in [-0.05, 0) is 31.7 Å². The first-order valence-electron chi connectivity index (χ1n) is 7.65. The van der Waals surface area contributed by atoms with Crippen LogP contribution in [-0.2, 0) is 6.42 Å². The molecule has 0 bridgehead atoms. The van der Waals surface area contributed by atoms with E-state index in [1.54, 1.807) is 13.0 Å². The quantitative estimate of drug-likeness (QED) is 0.858. The van der Waals surface area contributed by atoms with Gasteiger partial charge in [-0.15, -0.1) is 0 Å². The van der Waals surface area contributed by atoms with E-state index in [1.807, 2.05) is 18.2 Å². The monoisotopic (exact) mass is 296 g/mol. The molecule has 0 saturated heterocycles. The largest absolute Gasteiger partial charge is 0.367 e. The Morgan fingerprint density at radius 1 is 1.23 bits per heavy atom. The number of hydrogen-bond acceptors (Lipinski definition) is 4. The van der Waals surface area contributed by atoms with Gasteiger partial charge in [0.2, 0.25) is 0 Å². The number of nitrogens with zero attached hydrogens (tertiary/aromatic N) is 2. The van der Waals surface area contributed by atoms with Crippen molar-refractivity contribution in [3.8, 4) is 0 Å². The van der Waals surface area contributed by atoms with Crippen LogP contribution in [0.25, 0.3) is 0 Å². The summed E-state index contributed by atoms with van der Waals surface area (Å²) >= 11 is 0. The second-order valence-electron chi connectivity index (χ2n) is 5.60. The fraction of sp³-hybridized carbons (Fsp3) is 0.353. The van der Waals surface area contributed by atoms with Gasteiger partial charge in [0.05, 0.1) is 0 Å². The third kappa shape index (κ3) is 4.04. The summed E-state index contributed by atoms with van der Waals surface area (Å²) in [6.07, 6.45) is 3.15. The number of nitrogens with one attached hydrogen (secondary N) is 2. The van der Waals surface area contributed by atoms with E-state index in [0.717, 1.165) is 12.2 Å². The summed E-state index contributed by atoms with van der Waals surface area (Å²) in [5.74, 6) is 1.20. The summed E-state index contributed by atoms with van der Waals surface area (Å²) in [5, 5.41) is 6.22. The lowest BCUT2D eigenvalue weighted by Crippen LogP contribution is -2.27. The van der Waals surface area contributed by atoms with Gasteiger partial charge in [-0.2, -0.15) is 0 Å². The maximum atomic E-state index is 12.2. The van der Waals surface area contributed by atoms with Crippen molar-refractivity contribution in [3.05, 3.63) is 53.5 Å². The van der Waals surface area contributed by atoms with E-state index in [9.17, 15) is 4.79 Å². The average Bonchev–Trinajstić information content (AvgIpc) is 3.31. The highest BCUT2D eigenvalue weighted by molar-refractivity contribution is 5.92. The van der Waals surface area contributed by atoms with Gasteiger partial charge in [-0.25, -0.2) is 9.97 Å². The molecule has 5 heteroatoms. The van der Waals surface area contributed by atoms with Gasteiger partial charge in [0, 0.05) is 18.7 Å². The molecule has 1 saturated carbocycles. The number of carbonyl (C=O) groups is 1. The molecule has 0 radical (unpaired) electrons. The van der Waals surface area contributed by atoms with Gasteiger partial charge in [0.1, 0.15) is 17.3 Å². The Balaban J connectivity index is 1.58. The van der Waals surface area contributed by atoms with Gasteiger partial charge in [0.25, 0.3) is 5.91 Å². The molecule has 1 aromatic carbocycles. The van der Waals surface area contributed by atoms with E-state index in [2.05, 4.69) is 32.7 Å². The lowest BCUT2D eigenvalue weighted by atomic mass is 10.1. The van der Waals surface area contributed by atoms with Crippen molar-refractivity contribution >= 4 is 11.7 Å². The van der Waals surface area contributed by atoms with E-state index in [4.69, 9.17) is 0 Å². The van der Waals surface area contributed by atoms with Crippen LogP contribution in [0, 0.1) is 6.92 Å². The zero-order valence-electron chi connectivity index (χ0n) is 12.7. The maximum Gasteiger partial charge on any atom is 0.270 e. The highest BCUT2D eigenvalue weighted by Gasteiger charge is 2.22. The summed E-state index contributed by atoms with van der Waals surface area (Å²) in [6.45, 7) is 2.40. The van der Waals surface area contributed by atoms with Crippen LogP contribution >= 0.6 is 0 Å². The Morgan fingerprint density at radius 3 is 2.73 bits per heavy atom. The molecule has 2 aromatic rings. The Morgan fingerprint density at radius 2 is 2.00 bits per heavy atom. The first-order valence-corrected chi connectivity index (χ1v) is 7.65. The Labute approximate surface area is 130 Å².